The first-order valence-electron chi connectivity index (χ1n) is 13.7. The number of anilines is 3. The zero-order valence-corrected chi connectivity index (χ0v) is 23.8. The van der Waals surface area contributed by atoms with Gasteiger partial charge in [-0.25, -0.2) is 4.79 Å². The molecule has 0 bridgehead atoms. The molecule has 0 radical (unpaired) electrons. The summed E-state index contributed by atoms with van der Waals surface area (Å²) in [5.41, 5.74) is 12.2. The maximum absolute atomic E-state index is 11.4. The molecule has 0 aliphatic rings. The molecule has 0 fully saturated rings. The molecule has 0 saturated carbocycles. The second kappa shape index (κ2) is 12.6. The molecule has 3 heteroatoms. The normalized spacial score (nSPS) is 11.6. The Labute approximate surface area is 233 Å². The predicted molar refractivity (Wildman–Crippen MR) is 164 cm³/mol. The number of esters is 1. The Morgan fingerprint density at radius 2 is 1.23 bits per heavy atom. The summed E-state index contributed by atoms with van der Waals surface area (Å²) in [6.07, 6.45) is 3.01. The zero-order valence-electron chi connectivity index (χ0n) is 23.8. The molecule has 4 rings (SSSR count). The van der Waals surface area contributed by atoms with Crippen molar-refractivity contribution in [2.24, 2.45) is 0 Å². The van der Waals surface area contributed by atoms with Gasteiger partial charge in [0.05, 0.1) is 6.61 Å². The van der Waals surface area contributed by atoms with E-state index in [-0.39, 0.29) is 5.97 Å². The zero-order chi connectivity index (χ0) is 27.9. The van der Waals surface area contributed by atoms with Gasteiger partial charge in [-0.15, -0.1) is 0 Å². The highest BCUT2D eigenvalue weighted by Gasteiger charge is 2.15. The number of ether oxygens (including phenoxy) is 1. The summed E-state index contributed by atoms with van der Waals surface area (Å²) in [6, 6.07) is 30.9. The van der Waals surface area contributed by atoms with Gasteiger partial charge >= 0.3 is 5.97 Å². The molecular formula is C36H39NO2. The minimum atomic E-state index is -0.364. The number of nitrogens with zero attached hydrogens (tertiary/aromatic N) is 1. The SMILES string of the molecule is C=CC(=O)OCCC(CC)c1ccc(-c2ccc(N(c3ccc(C)c(C)c3)c3ccc(C)c(C)c3)cc2)cc1. The number of carbonyl (C=O) groups excluding carboxylic acids is 1. The standard InChI is InChI=1S/C36H39NO2/c1-7-29(21-22-39-36(38)8-2)30-11-13-31(14-12-30)32-15-19-33(20-16-32)37(34-17-9-25(3)27(5)23-34)35-18-10-26(4)28(6)24-35/h8-20,23-24,29H,2,7,21-22H2,1,3-6H3. The van der Waals surface area contributed by atoms with Crippen LogP contribution in [0.1, 0.15) is 53.5 Å². The van der Waals surface area contributed by atoms with Crippen LogP contribution in [-0.4, -0.2) is 12.6 Å². The molecule has 4 aromatic carbocycles. The lowest BCUT2D eigenvalue weighted by Gasteiger charge is -2.27. The first-order valence-corrected chi connectivity index (χ1v) is 13.7. The monoisotopic (exact) mass is 517 g/mol. The lowest BCUT2D eigenvalue weighted by Crippen LogP contribution is -2.10. The van der Waals surface area contributed by atoms with Gasteiger partial charge in [-0.1, -0.05) is 62.0 Å². The first-order chi connectivity index (χ1) is 18.8. The Kier molecular flexibility index (Phi) is 9.03. The summed E-state index contributed by atoms with van der Waals surface area (Å²) in [5, 5.41) is 0. The summed E-state index contributed by atoms with van der Waals surface area (Å²) < 4.78 is 5.20. The fraction of sp³-hybridized carbons (Fsp3) is 0.250. The Bertz CT molecular complexity index is 1380. The van der Waals surface area contributed by atoms with E-state index in [1.54, 1.807) is 0 Å². The van der Waals surface area contributed by atoms with Gasteiger partial charge in [0, 0.05) is 23.1 Å². The van der Waals surface area contributed by atoms with Gasteiger partial charge in [-0.2, -0.15) is 0 Å². The lowest BCUT2D eigenvalue weighted by atomic mass is 9.92. The molecule has 1 atom stereocenters. The topological polar surface area (TPSA) is 29.5 Å². The third-order valence-electron chi connectivity index (χ3n) is 7.71. The largest absolute Gasteiger partial charge is 0.463 e. The Hall–Kier alpha value is -4.11. The van der Waals surface area contributed by atoms with E-state index in [0.717, 1.165) is 29.9 Å². The molecule has 0 spiro atoms. The average Bonchev–Trinajstić information content (AvgIpc) is 2.95. The van der Waals surface area contributed by atoms with Crippen LogP contribution in [0.25, 0.3) is 11.1 Å². The summed E-state index contributed by atoms with van der Waals surface area (Å²) in [6.45, 7) is 14.7. The minimum absolute atomic E-state index is 0.350. The van der Waals surface area contributed by atoms with Crippen molar-refractivity contribution < 1.29 is 9.53 Å². The number of benzene rings is 4. The number of rotatable bonds is 10. The van der Waals surface area contributed by atoms with Crippen molar-refractivity contribution in [1.82, 2.24) is 0 Å². The first kappa shape index (κ1) is 27.9. The van der Waals surface area contributed by atoms with Crippen LogP contribution in [0.4, 0.5) is 17.1 Å². The quantitative estimate of drug-likeness (QED) is 0.155. The Morgan fingerprint density at radius 3 is 1.69 bits per heavy atom. The van der Waals surface area contributed by atoms with Gasteiger partial charge in [0.1, 0.15) is 0 Å². The molecule has 0 heterocycles. The van der Waals surface area contributed by atoms with Gasteiger partial charge in [0.2, 0.25) is 0 Å². The van der Waals surface area contributed by atoms with Crippen LogP contribution in [0, 0.1) is 27.7 Å². The molecule has 0 aromatic heterocycles. The van der Waals surface area contributed by atoms with Gasteiger partial charge in [0.25, 0.3) is 0 Å². The molecule has 0 N–H and O–H groups in total. The van der Waals surface area contributed by atoms with E-state index in [4.69, 9.17) is 4.74 Å². The minimum Gasteiger partial charge on any atom is -0.463 e. The molecular weight excluding hydrogens is 478 g/mol. The Balaban J connectivity index is 1.59. The van der Waals surface area contributed by atoms with E-state index >= 15 is 0 Å². The summed E-state index contributed by atoms with van der Waals surface area (Å²) >= 11 is 0. The van der Waals surface area contributed by atoms with E-state index in [9.17, 15) is 4.79 Å². The highest BCUT2D eigenvalue weighted by Crippen LogP contribution is 2.37. The highest BCUT2D eigenvalue weighted by atomic mass is 16.5. The summed E-state index contributed by atoms with van der Waals surface area (Å²) in [7, 11) is 0. The second-order valence-corrected chi connectivity index (χ2v) is 10.3. The van der Waals surface area contributed by atoms with E-state index in [0.29, 0.717) is 12.5 Å². The molecule has 0 aliphatic heterocycles. The van der Waals surface area contributed by atoms with E-state index in [1.807, 2.05) is 0 Å². The highest BCUT2D eigenvalue weighted by molar-refractivity contribution is 5.81. The molecule has 200 valence electrons. The van der Waals surface area contributed by atoms with Crippen LogP contribution in [0.5, 0.6) is 0 Å². The Morgan fingerprint density at radius 1 is 0.744 bits per heavy atom. The molecule has 4 aromatic rings. The van der Waals surface area contributed by atoms with Gasteiger partial charge in [-0.3, -0.25) is 0 Å². The third kappa shape index (κ3) is 6.67. The van der Waals surface area contributed by atoms with Crippen molar-refractivity contribution in [3.8, 4) is 11.1 Å². The van der Waals surface area contributed by atoms with Gasteiger partial charge in [0.15, 0.2) is 0 Å². The van der Waals surface area contributed by atoms with E-state index in [2.05, 4.69) is 131 Å². The number of aryl methyl sites for hydroxylation is 4. The summed E-state index contributed by atoms with van der Waals surface area (Å²) in [5.74, 6) is -0.0132. The number of hydrogen-bond donors (Lipinski definition) is 0. The fourth-order valence-corrected chi connectivity index (χ4v) is 4.89. The van der Waals surface area contributed by atoms with Crippen LogP contribution in [0.15, 0.2) is 97.6 Å². The predicted octanol–water partition coefficient (Wildman–Crippen LogP) is 9.67. The molecule has 0 amide bonds. The molecule has 3 nitrogen and oxygen atoms in total. The van der Waals surface area contributed by atoms with Crippen LogP contribution in [0.3, 0.4) is 0 Å². The van der Waals surface area contributed by atoms with Crippen molar-refractivity contribution in [2.45, 2.75) is 53.4 Å². The van der Waals surface area contributed by atoms with E-state index in [1.165, 1.54) is 45.0 Å². The molecule has 1 unspecified atom stereocenters. The van der Waals surface area contributed by atoms with Crippen LogP contribution in [-0.2, 0) is 9.53 Å². The van der Waals surface area contributed by atoms with Crippen LogP contribution in [0.2, 0.25) is 0 Å². The van der Waals surface area contributed by atoms with Crippen molar-refractivity contribution in [3.05, 3.63) is 125 Å². The number of carbonyl (C=O) groups is 1. The summed E-state index contributed by atoms with van der Waals surface area (Å²) in [4.78, 5) is 13.7. The second-order valence-electron chi connectivity index (χ2n) is 10.3. The lowest BCUT2D eigenvalue weighted by molar-refractivity contribution is -0.137. The van der Waals surface area contributed by atoms with Crippen molar-refractivity contribution >= 4 is 23.0 Å². The van der Waals surface area contributed by atoms with Crippen molar-refractivity contribution in [1.29, 1.82) is 0 Å². The average molecular weight is 518 g/mol. The van der Waals surface area contributed by atoms with Gasteiger partial charge < -0.3 is 9.64 Å². The van der Waals surface area contributed by atoms with Crippen molar-refractivity contribution in [2.75, 3.05) is 11.5 Å². The van der Waals surface area contributed by atoms with Crippen molar-refractivity contribution in [3.63, 3.8) is 0 Å². The van der Waals surface area contributed by atoms with Gasteiger partial charge in [-0.05, 0) is 122 Å². The smallest absolute Gasteiger partial charge is 0.330 e. The maximum atomic E-state index is 11.4. The number of hydrogen-bond acceptors (Lipinski definition) is 3. The van der Waals surface area contributed by atoms with E-state index < -0.39 is 0 Å². The molecule has 39 heavy (non-hydrogen) atoms. The van der Waals surface area contributed by atoms with Crippen LogP contribution < -0.4 is 4.90 Å². The third-order valence-corrected chi connectivity index (χ3v) is 7.71. The molecule has 0 saturated heterocycles. The maximum Gasteiger partial charge on any atom is 0.330 e. The van der Waals surface area contributed by atoms with Crippen LogP contribution >= 0.6 is 0 Å². The molecule has 0 aliphatic carbocycles. The fourth-order valence-electron chi connectivity index (χ4n) is 4.89.